The summed E-state index contributed by atoms with van der Waals surface area (Å²) < 4.78 is 0. The number of benzene rings is 2. The highest BCUT2D eigenvalue weighted by Gasteiger charge is 2.39. The van der Waals surface area contributed by atoms with Gasteiger partial charge >= 0.3 is 0 Å². The molecule has 2 amide bonds. The first-order valence-corrected chi connectivity index (χ1v) is 8.37. The molecule has 0 atom stereocenters. The molecule has 3 rings (SSSR count). The summed E-state index contributed by atoms with van der Waals surface area (Å²) in [7, 11) is 0. The van der Waals surface area contributed by atoms with Gasteiger partial charge in [0.1, 0.15) is 10.7 Å². The van der Waals surface area contributed by atoms with Crippen LogP contribution in [0.25, 0.3) is 0 Å². The molecular weight excluding hydrogens is 336 g/mol. The van der Waals surface area contributed by atoms with E-state index in [1.807, 2.05) is 58.0 Å². The molecule has 1 N–H and O–H groups in total. The number of rotatable bonds is 3. The van der Waals surface area contributed by atoms with E-state index in [9.17, 15) is 9.59 Å². The van der Waals surface area contributed by atoms with E-state index in [0.717, 1.165) is 32.8 Å². The monoisotopic (exact) mass is 354 g/mol. The van der Waals surface area contributed by atoms with Gasteiger partial charge in [0, 0.05) is 5.69 Å². The van der Waals surface area contributed by atoms with Crippen LogP contribution in [0.4, 0.5) is 11.4 Å². The van der Waals surface area contributed by atoms with Crippen molar-refractivity contribution in [3.05, 3.63) is 69.4 Å². The van der Waals surface area contributed by atoms with E-state index in [-0.39, 0.29) is 10.7 Å². The summed E-state index contributed by atoms with van der Waals surface area (Å²) in [6, 6.07) is 11.3. The van der Waals surface area contributed by atoms with Crippen LogP contribution in [0.1, 0.15) is 22.3 Å². The first-order chi connectivity index (χ1) is 11.8. The number of hydrogen-bond acceptors (Lipinski definition) is 3. The van der Waals surface area contributed by atoms with Crippen LogP contribution < -0.4 is 10.2 Å². The fourth-order valence-corrected chi connectivity index (χ4v) is 3.06. The van der Waals surface area contributed by atoms with Gasteiger partial charge in [0.15, 0.2) is 0 Å². The summed E-state index contributed by atoms with van der Waals surface area (Å²) in [6.07, 6.45) is 0. The smallest absolute Gasteiger partial charge is 0.283 e. The molecule has 0 unspecified atom stereocenters. The molecule has 2 aromatic carbocycles. The van der Waals surface area contributed by atoms with E-state index in [0.29, 0.717) is 5.69 Å². The van der Waals surface area contributed by atoms with Gasteiger partial charge in [-0.1, -0.05) is 35.4 Å². The Morgan fingerprint density at radius 2 is 1.56 bits per heavy atom. The fourth-order valence-electron chi connectivity index (χ4n) is 2.85. The molecule has 0 spiro atoms. The van der Waals surface area contributed by atoms with Gasteiger partial charge in [0.05, 0.1) is 5.69 Å². The van der Waals surface area contributed by atoms with E-state index in [2.05, 4.69) is 5.32 Å². The Labute approximate surface area is 152 Å². The lowest BCUT2D eigenvalue weighted by Gasteiger charge is -2.18. The van der Waals surface area contributed by atoms with Gasteiger partial charge < -0.3 is 5.32 Å². The second kappa shape index (κ2) is 6.37. The topological polar surface area (TPSA) is 49.4 Å². The third kappa shape index (κ3) is 3.05. The summed E-state index contributed by atoms with van der Waals surface area (Å²) in [5, 5.41) is 2.91. The third-order valence-electron chi connectivity index (χ3n) is 4.40. The minimum atomic E-state index is -0.509. The minimum absolute atomic E-state index is 0.0943. The number of anilines is 2. The third-order valence-corrected chi connectivity index (χ3v) is 4.75. The molecule has 0 bridgehead atoms. The lowest BCUT2D eigenvalue weighted by Crippen LogP contribution is -2.32. The van der Waals surface area contributed by atoms with Crippen LogP contribution in [0.15, 0.2) is 47.1 Å². The molecule has 128 valence electrons. The molecule has 0 saturated carbocycles. The zero-order valence-corrected chi connectivity index (χ0v) is 15.4. The first-order valence-electron chi connectivity index (χ1n) is 7.99. The van der Waals surface area contributed by atoms with Gasteiger partial charge in [-0.3, -0.25) is 9.59 Å². The van der Waals surface area contributed by atoms with E-state index in [1.165, 1.54) is 0 Å². The molecule has 0 saturated heterocycles. The van der Waals surface area contributed by atoms with E-state index in [4.69, 9.17) is 11.6 Å². The Balaban J connectivity index is 1.95. The van der Waals surface area contributed by atoms with Gasteiger partial charge in [-0.05, 0) is 62.6 Å². The number of hydrogen-bond donors (Lipinski definition) is 1. The average molecular weight is 355 g/mol. The number of carbonyl (C=O) groups is 2. The van der Waals surface area contributed by atoms with Crippen molar-refractivity contribution in [2.75, 3.05) is 10.2 Å². The summed E-state index contributed by atoms with van der Waals surface area (Å²) in [4.78, 5) is 26.5. The average Bonchev–Trinajstić information content (AvgIpc) is 2.75. The van der Waals surface area contributed by atoms with Crippen molar-refractivity contribution in [2.24, 2.45) is 0 Å². The summed E-state index contributed by atoms with van der Waals surface area (Å²) in [5.41, 5.74) is 5.53. The maximum Gasteiger partial charge on any atom is 0.283 e. The van der Waals surface area contributed by atoms with Crippen molar-refractivity contribution in [3.63, 3.8) is 0 Å². The molecule has 5 heteroatoms. The van der Waals surface area contributed by atoms with Gasteiger partial charge in [-0.2, -0.15) is 0 Å². The second-order valence-electron chi connectivity index (χ2n) is 6.35. The molecule has 4 nitrogen and oxygen atoms in total. The lowest BCUT2D eigenvalue weighted by molar-refractivity contribution is -0.120. The number of nitrogens with zero attached hydrogens (tertiary/aromatic N) is 1. The molecule has 0 fully saturated rings. The first kappa shape index (κ1) is 17.2. The maximum absolute atomic E-state index is 12.8. The van der Waals surface area contributed by atoms with Crippen LogP contribution in [0.5, 0.6) is 0 Å². The summed E-state index contributed by atoms with van der Waals surface area (Å²) >= 11 is 6.18. The minimum Gasteiger partial charge on any atom is -0.350 e. The van der Waals surface area contributed by atoms with Gasteiger partial charge in [-0.15, -0.1) is 0 Å². The van der Waals surface area contributed by atoms with Gasteiger partial charge in [0.2, 0.25) is 0 Å². The predicted octanol–water partition coefficient (Wildman–Crippen LogP) is 4.36. The number of nitrogens with one attached hydrogen (secondary N) is 1. The number of halogens is 1. The molecule has 0 aliphatic carbocycles. The van der Waals surface area contributed by atoms with E-state index >= 15 is 0 Å². The van der Waals surface area contributed by atoms with Crippen molar-refractivity contribution in [3.8, 4) is 0 Å². The van der Waals surface area contributed by atoms with Crippen molar-refractivity contribution in [1.82, 2.24) is 0 Å². The summed E-state index contributed by atoms with van der Waals surface area (Å²) in [6.45, 7) is 7.82. The predicted molar refractivity (Wildman–Crippen MR) is 101 cm³/mol. The molecule has 2 aromatic rings. The summed E-state index contributed by atoms with van der Waals surface area (Å²) in [5.74, 6) is -0.954. The van der Waals surface area contributed by atoms with Crippen LogP contribution in [0.2, 0.25) is 0 Å². The van der Waals surface area contributed by atoms with Gasteiger partial charge in [0.25, 0.3) is 11.8 Å². The SMILES string of the molecule is Cc1ccc(N2C(=O)C(Cl)=C(Nc3ccc(C)c(C)c3)C2=O)c(C)c1. The number of aryl methyl sites for hydroxylation is 4. The van der Waals surface area contributed by atoms with Gasteiger partial charge in [-0.25, -0.2) is 4.90 Å². The molecule has 0 aromatic heterocycles. The molecular formula is C20H19ClN2O2. The second-order valence-corrected chi connectivity index (χ2v) is 6.73. The molecule has 0 radical (unpaired) electrons. The Hall–Kier alpha value is -2.59. The highest BCUT2D eigenvalue weighted by molar-refractivity contribution is 6.53. The number of carbonyl (C=O) groups excluding carboxylic acids is 2. The Kier molecular flexibility index (Phi) is 4.39. The quantitative estimate of drug-likeness (QED) is 0.833. The van der Waals surface area contributed by atoms with E-state index < -0.39 is 11.8 Å². The van der Waals surface area contributed by atoms with Crippen molar-refractivity contribution in [1.29, 1.82) is 0 Å². The lowest BCUT2D eigenvalue weighted by atomic mass is 10.1. The van der Waals surface area contributed by atoms with Crippen LogP contribution in [-0.2, 0) is 9.59 Å². The molecule has 25 heavy (non-hydrogen) atoms. The van der Waals surface area contributed by atoms with Crippen LogP contribution >= 0.6 is 11.6 Å². The Morgan fingerprint density at radius 3 is 2.20 bits per heavy atom. The highest BCUT2D eigenvalue weighted by Crippen LogP contribution is 2.32. The molecule has 1 heterocycles. The Morgan fingerprint density at radius 1 is 0.840 bits per heavy atom. The fraction of sp³-hybridized carbons (Fsp3) is 0.200. The molecule has 1 aliphatic heterocycles. The maximum atomic E-state index is 12.8. The number of imide groups is 1. The standard InChI is InChI=1S/C20H19ClN2O2/c1-11-5-8-16(14(4)9-11)23-19(24)17(21)18(20(23)25)22-15-7-6-12(2)13(3)10-15/h5-10,22H,1-4H3. The zero-order chi connectivity index (χ0) is 18.3. The Bertz CT molecular complexity index is 931. The van der Waals surface area contributed by atoms with Crippen molar-refractivity contribution in [2.45, 2.75) is 27.7 Å². The number of amides is 2. The largest absolute Gasteiger partial charge is 0.350 e. The van der Waals surface area contributed by atoms with Crippen molar-refractivity contribution < 1.29 is 9.59 Å². The van der Waals surface area contributed by atoms with Crippen LogP contribution in [0, 0.1) is 27.7 Å². The van der Waals surface area contributed by atoms with Crippen LogP contribution in [0.3, 0.4) is 0 Å². The normalized spacial score (nSPS) is 14.5. The zero-order valence-electron chi connectivity index (χ0n) is 14.6. The molecule has 1 aliphatic rings. The van der Waals surface area contributed by atoms with E-state index in [1.54, 1.807) is 6.07 Å². The van der Waals surface area contributed by atoms with Crippen molar-refractivity contribution >= 4 is 34.8 Å². The highest BCUT2D eigenvalue weighted by atomic mass is 35.5. The van der Waals surface area contributed by atoms with Crippen LogP contribution in [-0.4, -0.2) is 11.8 Å².